The highest BCUT2D eigenvalue weighted by molar-refractivity contribution is 7.09. The quantitative estimate of drug-likeness (QED) is 0.738. The van der Waals surface area contributed by atoms with Crippen molar-refractivity contribution < 1.29 is 9.59 Å². The summed E-state index contributed by atoms with van der Waals surface area (Å²) in [6, 6.07) is 0. The standard InChI is InChI=1S/C22H31N5O2S/c1-21(2)17(22(21,3)4)20(29)27-9-6-14(7-10-27)19-26-16(12-30-19)18(28)24-8-5-15-11-23-13-25-15/h11-14,17H,5-10H2,1-4H3,(H,23,25)(H,24,28). The van der Waals surface area contributed by atoms with Crippen molar-refractivity contribution in [2.24, 2.45) is 16.7 Å². The maximum Gasteiger partial charge on any atom is 0.270 e. The number of nitrogens with one attached hydrogen (secondary N) is 2. The summed E-state index contributed by atoms with van der Waals surface area (Å²) < 4.78 is 0. The summed E-state index contributed by atoms with van der Waals surface area (Å²) in [5.74, 6) is 0.618. The Hall–Kier alpha value is -2.22. The molecule has 4 rings (SSSR count). The number of hydrogen-bond donors (Lipinski definition) is 2. The third-order valence-corrected chi connectivity index (χ3v) is 8.42. The number of nitrogens with zero attached hydrogens (tertiary/aromatic N) is 3. The Labute approximate surface area is 181 Å². The van der Waals surface area contributed by atoms with Crippen LogP contribution in [-0.2, 0) is 11.2 Å². The molecule has 7 nitrogen and oxygen atoms in total. The van der Waals surface area contributed by atoms with Crippen molar-refractivity contribution >= 4 is 23.2 Å². The Morgan fingerprint density at radius 1 is 1.23 bits per heavy atom. The van der Waals surface area contributed by atoms with Gasteiger partial charge in [-0.1, -0.05) is 27.7 Å². The summed E-state index contributed by atoms with van der Waals surface area (Å²) in [7, 11) is 0. The van der Waals surface area contributed by atoms with Crippen LogP contribution in [0.25, 0.3) is 0 Å². The fourth-order valence-corrected chi connectivity index (χ4v) is 5.72. The van der Waals surface area contributed by atoms with Gasteiger partial charge in [-0.05, 0) is 23.7 Å². The van der Waals surface area contributed by atoms with E-state index in [0.29, 0.717) is 30.5 Å². The second kappa shape index (κ2) is 7.80. The summed E-state index contributed by atoms with van der Waals surface area (Å²) in [6.45, 7) is 10.9. The van der Waals surface area contributed by atoms with Crippen LogP contribution in [0.5, 0.6) is 0 Å². The van der Waals surface area contributed by atoms with Gasteiger partial charge in [0.2, 0.25) is 5.91 Å². The number of piperidine rings is 1. The van der Waals surface area contributed by atoms with Gasteiger partial charge in [0.05, 0.1) is 11.3 Å². The van der Waals surface area contributed by atoms with Crippen LogP contribution in [0.15, 0.2) is 17.9 Å². The zero-order chi connectivity index (χ0) is 21.5. The minimum Gasteiger partial charge on any atom is -0.350 e. The Kier molecular flexibility index (Phi) is 5.46. The molecule has 1 saturated carbocycles. The zero-order valence-corrected chi connectivity index (χ0v) is 19.0. The van der Waals surface area contributed by atoms with Crippen molar-refractivity contribution in [3.8, 4) is 0 Å². The molecule has 162 valence electrons. The molecule has 0 spiro atoms. The van der Waals surface area contributed by atoms with Crippen LogP contribution in [0.4, 0.5) is 0 Å². The number of imidazole rings is 1. The molecule has 1 aliphatic carbocycles. The maximum absolute atomic E-state index is 13.0. The number of rotatable bonds is 6. The van der Waals surface area contributed by atoms with Crippen LogP contribution in [0.1, 0.15) is 67.6 Å². The molecule has 3 heterocycles. The summed E-state index contributed by atoms with van der Waals surface area (Å²) in [4.78, 5) is 39.0. The number of carbonyl (C=O) groups excluding carboxylic acids is 2. The molecular weight excluding hydrogens is 398 g/mol. The fourth-order valence-electron chi connectivity index (χ4n) is 4.75. The number of likely N-dealkylation sites (tertiary alicyclic amines) is 1. The van der Waals surface area contributed by atoms with E-state index in [9.17, 15) is 9.59 Å². The monoisotopic (exact) mass is 429 g/mol. The average Bonchev–Trinajstić information content (AvgIpc) is 3.24. The number of amides is 2. The molecule has 0 atom stereocenters. The largest absolute Gasteiger partial charge is 0.350 e. The van der Waals surface area contributed by atoms with Gasteiger partial charge in [-0.3, -0.25) is 9.59 Å². The normalized spacial score (nSPS) is 20.9. The lowest BCUT2D eigenvalue weighted by atomic mass is 9.96. The summed E-state index contributed by atoms with van der Waals surface area (Å²) in [5, 5.41) is 5.76. The Morgan fingerprint density at radius 2 is 1.93 bits per heavy atom. The third kappa shape index (κ3) is 3.77. The minimum absolute atomic E-state index is 0.0793. The summed E-state index contributed by atoms with van der Waals surface area (Å²) >= 11 is 1.55. The van der Waals surface area contributed by atoms with Crippen LogP contribution in [0, 0.1) is 16.7 Å². The van der Waals surface area contributed by atoms with E-state index in [0.717, 1.165) is 36.6 Å². The van der Waals surface area contributed by atoms with Crippen molar-refractivity contribution in [3.63, 3.8) is 0 Å². The van der Waals surface area contributed by atoms with Gasteiger partial charge in [-0.2, -0.15) is 0 Å². The van der Waals surface area contributed by atoms with Crippen LogP contribution in [-0.4, -0.2) is 51.3 Å². The highest BCUT2D eigenvalue weighted by Gasteiger charge is 2.68. The first kappa shape index (κ1) is 21.0. The van der Waals surface area contributed by atoms with E-state index in [2.05, 4.69) is 48.0 Å². The number of aromatic amines is 1. The van der Waals surface area contributed by atoms with E-state index >= 15 is 0 Å². The van der Waals surface area contributed by atoms with Gasteiger partial charge < -0.3 is 15.2 Å². The summed E-state index contributed by atoms with van der Waals surface area (Å²) in [5.41, 5.74) is 1.64. The SMILES string of the molecule is CC1(C)C(C(=O)N2CCC(c3nc(C(=O)NCCc4cnc[nH]4)cs3)CC2)C1(C)C. The van der Waals surface area contributed by atoms with E-state index in [1.54, 1.807) is 23.9 Å². The van der Waals surface area contributed by atoms with E-state index in [1.807, 2.05) is 10.3 Å². The molecule has 1 saturated heterocycles. The molecule has 2 aliphatic rings. The highest BCUT2D eigenvalue weighted by atomic mass is 32.1. The molecule has 30 heavy (non-hydrogen) atoms. The van der Waals surface area contributed by atoms with Crippen molar-refractivity contribution in [1.29, 1.82) is 0 Å². The highest BCUT2D eigenvalue weighted by Crippen LogP contribution is 2.68. The molecule has 0 aromatic carbocycles. The second-order valence-electron chi connectivity index (χ2n) is 9.63. The predicted molar refractivity (Wildman–Crippen MR) is 116 cm³/mol. The molecule has 2 amide bonds. The lowest BCUT2D eigenvalue weighted by molar-refractivity contribution is -0.134. The van der Waals surface area contributed by atoms with Crippen LogP contribution < -0.4 is 5.32 Å². The van der Waals surface area contributed by atoms with Crippen LogP contribution in [0.2, 0.25) is 0 Å². The molecular formula is C22H31N5O2S. The van der Waals surface area contributed by atoms with E-state index in [-0.39, 0.29) is 22.7 Å². The molecule has 1 aliphatic heterocycles. The third-order valence-electron chi connectivity index (χ3n) is 7.41. The molecule has 0 bridgehead atoms. The Morgan fingerprint density at radius 3 is 2.53 bits per heavy atom. The molecule has 0 unspecified atom stereocenters. The lowest BCUT2D eigenvalue weighted by Gasteiger charge is -2.31. The number of carbonyl (C=O) groups is 2. The number of H-pyrrole nitrogens is 1. The van der Waals surface area contributed by atoms with Gasteiger partial charge in [0, 0.05) is 55.2 Å². The summed E-state index contributed by atoms with van der Waals surface area (Å²) in [6.07, 6.45) is 5.93. The first-order valence-electron chi connectivity index (χ1n) is 10.7. The van der Waals surface area contributed by atoms with Gasteiger partial charge in [-0.25, -0.2) is 9.97 Å². The molecule has 8 heteroatoms. The fraction of sp³-hybridized carbons (Fsp3) is 0.636. The lowest BCUT2D eigenvalue weighted by Crippen LogP contribution is -2.40. The zero-order valence-electron chi connectivity index (χ0n) is 18.2. The van der Waals surface area contributed by atoms with E-state index < -0.39 is 0 Å². The Bertz CT molecular complexity index is 896. The van der Waals surface area contributed by atoms with Crippen LogP contribution in [0.3, 0.4) is 0 Å². The van der Waals surface area contributed by atoms with Crippen molar-refractivity contribution in [2.75, 3.05) is 19.6 Å². The van der Waals surface area contributed by atoms with Crippen LogP contribution >= 0.6 is 11.3 Å². The van der Waals surface area contributed by atoms with Crippen molar-refractivity contribution in [1.82, 2.24) is 25.2 Å². The predicted octanol–water partition coefficient (Wildman–Crippen LogP) is 3.23. The maximum atomic E-state index is 13.0. The Balaban J connectivity index is 1.27. The number of hydrogen-bond acceptors (Lipinski definition) is 5. The molecule has 2 aromatic rings. The van der Waals surface area contributed by atoms with Gasteiger partial charge in [0.1, 0.15) is 5.69 Å². The number of thiazole rings is 1. The topological polar surface area (TPSA) is 91.0 Å². The first-order chi connectivity index (χ1) is 14.2. The average molecular weight is 430 g/mol. The van der Waals surface area contributed by atoms with E-state index in [4.69, 9.17) is 0 Å². The van der Waals surface area contributed by atoms with E-state index in [1.165, 1.54) is 0 Å². The smallest absolute Gasteiger partial charge is 0.270 e. The molecule has 2 fully saturated rings. The van der Waals surface area contributed by atoms with Gasteiger partial charge >= 0.3 is 0 Å². The number of aromatic nitrogens is 3. The van der Waals surface area contributed by atoms with Gasteiger partial charge in [0.25, 0.3) is 5.91 Å². The minimum atomic E-state index is -0.136. The second-order valence-corrected chi connectivity index (χ2v) is 10.5. The van der Waals surface area contributed by atoms with Crippen molar-refractivity contribution in [2.45, 2.75) is 52.9 Å². The van der Waals surface area contributed by atoms with Crippen molar-refractivity contribution in [3.05, 3.63) is 34.3 Å². The molecule has 2 aromatic heterocycles. The first-order valence-corrected chi connectivity index (χ1v) is 11.6. The van der Waals surface area contributed by atoms with Gasteiger partial charge in [-0.15, -0.1) is 11.3 Å². The van der Waals surface area contributed by atoms with Gasteiger partial charge in [0.15, 0.2) is 0 Å². The molecule has 2 N–H and O–H groups in total. The molecule has 0 radical (unpaired) electrons.